The van der Waals surface area contributed by atoms with E-state index in [1.807, 2.05) is 19.1 Å². The summed E-state index contributed by atoms with van der Waals surface area (Å²) < 4.78 is 47.6. The van der Waals surface area contributed by atoms with Gasteiger partial charge in [0.05, 0.1) is 29.8 Å². The van der Waals surface area contributed by atoms with E-state index in [1.54, 1.807) is 11.0 Å². The van der Waals surface area contributed by atoms with Crippen molar-refractivity contribution in [3.05, 3.63) is 46.5 Å². The molecule has 0 bridgehead atoms. The molecule has 6 rings (SSSR count). The monoisotopic (exact) mass is 604 g/mol. The smallest absolute Gasteiger partial charge is 0.377 e. The molecule has 0 unspecified atom stereocenters. The van der Waals surface area contributed by atoms with E-state index < -0.39 is 11.7 Å². The highest BCUT2D eigenvalue weighted by Gasteiger charge is 2.38. The molecule has 0 radical (unpaired) electrons. The zero-order valence-electron chi connectivity index (χ0n) is 22.8. The second kappa shape index (κ2) is 11.4. The molecule has 1 aromatic carbocycles. The van der Waals surface area contributed by atoms with Crippen molar-refractivity contribution in [1.82, 2.24) is 20.2 Å². The second-order valence-electron chi connectivity index (χ2n) is 10.4. The van der Waals surface area contributed by atoms with Crippen molar-refractivity contribution in [1.29, 1.82) is 0 Å². The number of hydrogen-bond donors (Lipinski definition) is 2. The van der Waals surface area contributed by atoms with E-state index in [-0.39, 0.29) is 23.6 Å². The van der Waals surface area contributed by atoms with Crippen LogP contribution in [0.1, 0.15) is 34.6 Å². The van der Waals surface area contributed by atoms with Crippen LogP contribution >= 0.6 is 23.1 Å². The van der Waals surface area contributed by atoms with Crippen LogP contribution in [0.2, 0.25) is 0 Å². The molecule has 8 nitrogen and oxygen atoms in total. The predicted octanol–water partition coefficient (Wildman–Crippen LogP) is 5.27. The molecule has 0 aliphatic carbocycles. The summed E-state index contributed by atoms with van der Waals surface area (Å²) in [6, 6.07) is 8.12. The first-order valence-corrected chi connectivity index (χ1v) is 15.5. The van der Waals surface area contributed by atoms with E-state index in [9.17, 15) is 18.0 Å². The third-order valence-electron chi connectivity index (χ3n) is 7.58. The number of fused-ring (bicyclic) bond motifs is 1. The van der Waals surface area contributed by atoms with Crippen molar-refractivity contribution in [3.63, 3.8) is 0 Å². The Morgan fingerprint density at radius 2 is 2.05 bits per heavy atom. The molecule has 5 heterocycles. The molecular weight excluding hydrogens is 573 g/mol. The van der Waals surface area contributed by atoms with Crippen molar-refractivity contribution >= 4 is 46.3 Å². The molecule has 2 aromatic heterocycles. The lowest BCUT2D eigenvalue weighted by Crippen LogP contribution is -2.52. The molecular formula is C28H31F3N6O2S2. The first-order valence-electron chi connectivity index (χ1n) is 13.7. The third-order valence-corrected chi connectivity index (χ3v) is 9.86. The SMILES string of the molecule is CCc1cc(N2CCN[C@H](C)C2)ccc1Nc1ncc(C(F)(F)F)c(-c2cc3c(s2)C(=O)N(C2COC2)CCS3)n1. The Balaban J connectivity index is 1.32. The van der Waals surface area contributed by atoms with E-state index in [4.69, 9.17) is 4.74 Å². The second-order valence-corrected chi connectivity index (χ2v) is 12.6. The number of carbonyl (C=O) groups is 1. The Bertz CT molecular complexity index is 1440. The Morgan fingerprint density at radius 3 is 2.76 bits per heavy atom. The number of nitrogens with one attached hydrogen (secondary N) is 2. The number of hydrogen-bond acceptors (Lipinski definition) is 9. The van der Waals surface area contributed by atoms with E-state index >= 15 is 0 Å². The number of thioether (sulfide) groups is 1. The van der Waals surface area contributed by atoms with Gasteiger partial charge in [-0.3, -0.25) is 4.79 Å². The fourth-order valence-corrected chi connectivity index (χ4v) is 7.62. The van der Waals surface area contributed by atoms with E-state index in [2.05, 4.69) is 38.5 Å². The molecule has 2 saturated heterocycles. The van der Waals surface area contributed by atoms with Crippen molar-refractivity contribution < 1.29 is 22.7 Å². The van der Waals surface area contributed by atoms with Crippen LogP contribution in [0.4, 0.5) is 30.5 Å². The van der Waals surface area contributed by atoms with Gasteiger partial charge in [0, 0.05) is 60.4 Å². The van der Waals surface area contributed by atoms with Crippen LogP contribution in [0, 0.1) is 0 Å². The quantitative estimate of drug-likeness (QED) is 0.394. The first-order chi connectivity index (χ1) is 19.7. The van der Waals surface area contributed by atoms with E-state index in [1.165, 1.54) is 11.8 Å². The summed E-state index contributed by atoms with van der Waals surface area (Å²) in [6.45, 7) is 8.46. The van der Waals surface area contributed by atoms with Crippen molar-refractivity contribution in [3.8, 4) is 10.6 Å². The van der Waals surface area contributed by atoms with Crippen LogP contribution in [0.25, 0.3) is 10.6 Å². The minimum absolute atomic E-state index is 0.00863. The van der Waals surface area contributed by atoms with Gasteiger partial charge in [-0.25, -0.2) is 9.97 Å². The van der Waals surface area contributed by atoms with Gasteiger partial charge >= 0.3 is 6.18 Å². The predicted molar refractivity (Wildman–Crippen MR) is 155 cm³/mol. The van der Waals surface area contributed by atoms with Crippen molar-refractivity contribution in [2.45, 2.75) is 43.4 Å². The number of piperazine rings is 1. The number of alkyl halides is 3. The number of nitrogens with zero attached hydrogens (tertiary/aromatic N) is 4. The van der Waals surface area contributed by atoms with Crippen LogP contribution in [0.15, 0.2) is 35.4 Å². The number of thiophene rings is 1. The van der Waals surface area contributed by atoms with Crippen molar-refractivity contribution in [2.75, 3.05) is 55.4 Å². The molecule has 218 valence electrons. The number of halogens is 3. The molecule has 13 heteroatoms. The topological polar surface area (TPSA) is 82.6 Å². The van der Waals surface area contributed by atoms with Gasteiger partial charge in [-0.05, 0) is 43.2 Å². The van der Waals surface area contributed by atoms with E-state index in [0.717, 1.165) is 60.5 Å². The lowest BCUT2D eigenvalue weighted by molar-refractivity contribution is -0.137. The fraction of sp³-hybridized carbons (Fsp3) is 0.464. The number of aryl methyl sites for hydroxylation is 1. The van der Waals surface area contributed by atoms with Gasteiger partial charge in [0.1, 0.15) is 10.4 Å². The Hall–Kier alpha value is -2.87. The van der Waals surface area contributed by atoms with Crippen LogP contribution in [0.5, 0.6) is 0 Å². The minimum Gasteiger partial charge on any atom is -0.377 e. The van der Waals surface area contributed by atoms with Crippen LogP contribution in [0.3, 0.4) is 0 Å². The zero-order valence-corrected chi connectivity index (χ0v) is 24.4. The molecule has 1 atom stereocenters. The lowest BCUT2D eigenvalue weighted by atomic mass is 10.1. The number of anilines is 3. The van der Waals surface area contributed by atoms with Gasteiger partial charge in [0.25, 0.3) is 5.91 Å². The fourth-order valence-electron chi connectivity index (χ4n) is 5.30. The van der Waals surface area contributed by atoms with Crippen LogP contribution in [-0.2, 0) is 17.3 Å². The maximum Gasteiger partial charge on any atom is 0.420 e. The number of carbonyl (C=O) groups excluding carboxylic acids is 1. The molecule has 2 fully saturated rings. The molecule has 41 heavy (non-hydrogen) atoms. The first kappa shape index (κ1) is 28.3. The normalized spacial score (nSPS) is 20.0. The molecule has 3 aromatic rings. The average molecular weight is 605 g/mol. The van der Waals surface area contributed by atoms with Crippen LogP contribution < -0.4 is 15.5 Å². The molecule has 1 amide bonds. The Kier molecular flexibility index (Phi) is 7.88. The Morgan fingerprint density at radius 1 is 1.22 bits per heavy atom. The zero-order chi connectivity index (χ0) is 28.7. The molecule has 2 N–H and O–H groups in total. The Labute approximate surface area is 244 Å². The third kappa shape index (κ3) is 5.77. The van der Waals surface area contributed by atoms with Crippen LogP contribution in [-0.4, -0.2) is 78.0 Å². The summed E-state index contributed by atoms with van der Waals surface area (Å²) >= 11 is 2.54. The molecule has 0 saturated carbocycles. The van der Waals surface area contributed by atoms with Crippen molar-refractivity contribution in [2.24, 2.45) is 0 Å². The molecule has 3 aliphatic heterocycles. The minimum atomic E-state index is -4.65. The van der Waals surface area contributed by atoms with Gasteiger partial charge in [-0.1, -0.05) is 6.92 Å². The summed E-state index contributed by atoms with van der Waals surface area (Å²) in [5, 5.41) is 6.60. The van der Waals surface area contributed by atoms with Gasteiger partial charge in [0.2, 0.25) is 5.95 Å². The summed E-state index contributed by atoms with van der Waals surface area (Å²) in [7, 11) is 0. The van der Waals surface area contributed by atoms with Gasteiger partial charge in [-0.2, -0.15) is 13.2 Å². The summed E-state index contributed by atoms with van der Waals surface area (Å²) in [5.41, 5.74) is 1.71. The highest BCUT2D eigenvalue weighted by atomic mass is 32.2. The number of amides is 1. The standard InChI is InChI=1S/C28H31F3N6O2S2/c1-3-17-10-18(36-7-6-32-16(2)13-36)4-5-21(17)34-27-33-12-20(28(29,30)31)24(35-27)22-11-23-25(41-22)26(38)37(8-9-40-23)19-14-39-15-19/h4-5,10-12,16,19,32H,3,6-9,13-15H2,1-2H3,(H,33,34,35)/t16-/m1/s1. The highest BCUT2D eigenvalue weighted by molar-refractivity contribution is 7.99. The molecule has 0 spiro atoms. The number of ether oxygens (including phenoxy) is 1. The molecule has 3 aliphatic rings. The number of aromatic nitrogens is 2. The maximum atomic E-state index is 14.1. The van der Waals surface area contributed by atoms with Gasteiger partial charge in [0.15, 0.2) is 0 Å². The lowest BCUT2D eigenvalue weighted by Gasteiger charge is -2.36. The van der Waals surface area contributed by atoms with E-state index in [0.29, 0.717) is 46.2 Å². The maximum absolute atomic E-state index is 14.1. The highest BCUT2D eigenvalue weighted by Crippen LogP contribution is 2.43. The largest absolute Gasteiger partial charge is 0.420 e. The summed E-state index contributed by atoms with van der Waals surface area (Å²) in [4.78, 5) is 27.3. The van der Waals surface area contributed by atoms with Gasteiger partial charge in [-0.15, -0.1) is 23.1 Å². The number of rotatable bonds is 6. The summed E-state index contributed by atoms with van der Waals surface area (Å²) in [5.74, 6) is 0.570. The summed E-state index contributed by atoms with van der Waals surface area (Å²) in [6.07, 6.45) is -3.10. The average Bonchev–Trinajstić information content (AvgIpc) is 3.28. The van der Waals surface area contributed by atoms with Gasteiger partial charge < -0.3 is 25.2 Å². The number of benzene rings is 1.